The van der Waals surface area contributed by atoms with E-state index in [-0.39, 0.29) is 30.1 Å². The summed E-state index contributed by atoms with van der Waals surface area (Å²) in [5.41, 5.74) is 4.89. The number of sulfone groups is 1. The van der Waals surface area contributed by atoms with Crippen LogP contribution in [0.15, 0.2) is 54.6 Å². The monoisotopic (exact) mass is 481 g/mol. The van der Waals surface area contributed by atoms with Gasteiger partial charge in [-0.15, -0.1) is 0 Å². The molecule has 1 amide bonds. The number of hydrogen-bond donors (Lipinski definition) is 0. The van der Waals surface area contributed by atoms with Crippen molar-refractivity contribution in [2.75, 3.05) is 25.2 Å². The molecular weight excluding hydrogens is 450 g/mol. The lowest BCUT2D eigenvalue weighted by atomic mass is 10.0. The minimum Gasteiger partial charge on any atom is -0.483 e. The Balaban J connectivity index is 1.39. The Bertz CT molecular complexity index is 1270. The number of rotatable bonds is 8. The quantitative estimate of drug-likeness (QED) is 0.492. The first kappa shape index (κ1) is 24.0. The fraction of sp³-hybridized carbons (Fsp3) is 0.385. The second-order valence-corrected chi connectivity index (χ2v) is 11.2. The number of likely N-dealkylation sites (N-methyl/N-ethyl adjacent to an activating group) is 1. The van der Waals surface area contributed by atoms with E-state index >= 15 is 0 Å². The van der Waals surface area contributed by atoms with Crippen LogP contribution in [-0.2, 0) is 27.6 Å². The van der Waals surface area contributed by atoms with Crippen LogP contribution in [0.4, 0.5) is 0 Å². The van der Waals surface area contributed by atoms with Gasteiger partial charge in [0.2, 0.25) is 0 Å². The number of hydrogen-bond acceptors (Lipinski definition) is 5. The van der Waals surface area contributed by atoms with Crippen LogP contribution in [0.5, 0.6) is 5.75 Å². The van der Waals surface area contributed by atoms with Gasteiger partial charge in [-0.1, -0.05) is 48.5 Å². The maximum Gasteiger partial charge on any atom is 0.260 e. The van der Waals surface area contributed by atoms with E-state index in [2.05, 4.69) is 17.2 Å². The molecule has 2 aromatic carbocycles. The van der Waals surface area contributed by atoms with Crippen molar-refractivity contribution in [1.29, 1.82) is 0 Å². The SMILES string of the molecule is Cc1nn([C@@H]2CCS(=O)(=O)C2)c(C)c1CN(C)C(=O)COc1ccccc1Cc1ccccc1. The Labute approximate surface area is 201 Å². The smallest absolute Gasteiger partial charge is 0.260 e. The molecule has 7 nitrogen and oxygen atoms in total. The molecule has 180 valence electrons. The number of nitrogens with zero attached hydrogens (tertiary/aromatic N) is 3. The molecule has 0 spiro atoms. The highest BCUT2D eigenvalue weighted by molar-refractivity contribution is 7.91. The topological polar surface area (TPSA) is 81.5 Å². The van der Waals surface area contributed by atoms with Crippen molar-refractivity contribution in [3.05, 3.63) is 82.7 Å². The van der Waals surface area contributed by atoms with Gasteiger partial charge in [0.05, 0.1) is 23.2 Å². The maximum atomic E-state index is 12.9. The highest BCUT2D eigenvalue weighted by atomic mass is 32.2. The Morgan fingerprint density at radius 1 is 1.12 bits per heavy atom. The number of amides is 1. The van der Waals surface area contributed by atoms with Crippen molar-refractivity contribution in [3.63, 3.8) is 0 Å². The largest absolute Gasteiger partial charge is 0.483 e. The Morgan fingerprint density at radius 3 is 2.53 bits per heavy atom. The Hall–Kier alpha value is -3.13. The highest BCUT2D eigenvalue weighted by Gasteiger charge is 2.31. The Kier molecular flexibility index (Phi) is 7.07. The van der Waals surface area contributed by atoms with E-state index in [4.69, 9.17) is 4.74 Å². The van der Waals surface area contributed by atoms with Gasteiger partial charge in [0.25, 0.3) is 5.91 Å². The molecule has 0 saturated carbocycles. The van der Waals surface area contributed by atoms with Crippen molar-refractivity contribution in [2.45, 2.75) is 39.3 Å². The summed E-state index contributed by atoms with van der Waals surface area (Å²) in [6, 6.07) is 17.8. The molecule has 34 heavy (non-hydrogen) atoms. The van der Waals surface area contributed by atoms with Crippen LogP contribution < -0.4 is 4.74 Å². The van der Waals surface area contributed by atoms with E-state index in [0.29, 0.717) is 18.7 Å². The lowest BCUT2D eigenvalue weighted by Crippen LogP contribution is -2.31. The summed E-state index contributed by atoms with van der Waals surface area (Å²) in [7, 11) is -1.25. The van der Waals surface area contributed by atoms with Gasteiger partial charge in [-0.2, -0.15) is 5.10 Å². The fourth-order valence-corrected chi connectivity index (χ4v) is 6.12. The molecule has 2 heterocycles. The van der Waals surface area contributed by atoms with Crippen LogP contribution in [0, 0.1) is 13.8 Å². The summed E-state index contributed by atoms with van der Waals surface area (Å²) in [4.78, 5) is 14.5. The van der Waals surface area contributed by atoms with Gasteiger partial charge in [0.1, 0.15) is 5.75 Å². The van der Waals surface area contributed by atoms with Crippen LogP contribution >= 0.6 is 0 Å². The number of ether oxygens (including phenoxy) is 1. The second-order valence-electron chi connectivity index (χ2n) is 8.96. The number of carbonyl (C=O) groups excluding carboxylic acids is 1. The second kappa shape index (κ2) is 10.0. The van der Waals surface area contributed by atoms with Crippen molar-refractivity contribution < 1.29 is 17.9 Å². The van der Waals surface area contributed by atoms with E-state index in [1.807, 2.05) is 61.0 Å². The third-order valence-electron chi connectivity index (χ3n) is 6.41. The molecule has 0 aliphatic carbocycles. The molecule has 1 aliphatic rings. The predicted octanol–water partition coefficient (Wildman–Crippen LogP) is 3.49. The molecule has 0 unspecified atom stereocenters. The molecule has 1 atom stereocenters. The molecule has 1 aliphatic heterocycles. The first-order valence-electron chi connectivity index (χ1n) is 11.5. The van der Waals surface area contributed by atoms with Gasteiger partial charge in [-0.3, -0.25) is 9.48 Å². The molecule has 0 bridgehead atoms. The summed E-state index contributed by atoms with van der Waals surface area (Å²) in [6.45, 7) is 4.17. The highest BCUT2D eigenvalue weighted by Crippen LogP contribution is 2.27. The zero-order chi connectivity index (χ0) is 24.3. The van der Waals surface area contributed by atoms with E-state index in [1.165, 1.54) is 5.56 Å². The molecule has 8 heteroatoms. The average molecular weight is 482 g/mol. The number of para-hydroxylation sites is 1. The summed E-state index contributed by atoms with van der Waals surface area (Å²) < 4.78 is 31.5. The van der Waals surface area contributed by atoms with Crippen LogP contribution in [0.3, 0.4) is 0 Å². The molecule has 0 radical (unpaired) electrons. The van der Waals surface area contributed by atoms with Crippen molar-refractivity contribution in [1.82, 2.24) is 14.7 Å². The summed E-state index contributed by atoms with van der Waals surface area (Å²) >= 11 is 0. The van der Waals surface area contributed by atoms with Crippen molar-refractivity contribution in [2.24, 2.45) is 0 Å². The number of aromatic nitrogens is 2. The van der Waals surface area contributed by atoms with Crippen molar-refractivity contribution >= 4 is 15.7 Å². The van der Waals surface area contributed by atoms with E-state index in [1.54, 1.807) is 11.9 Å². The lowest BCUT2D eigenvalue weighted by molar-refractivity contribution is -0.132. The molecule has 1 saturated heterocycles. The van der Waals surface area contributed by atoms with Gasteiger partial charge in [-0.05, 0) is 37.5 Å². The number of aryl methyl sites for hydroxylation is 1. The molecule has 0 N–H and O–H groups in total. The van der Waals surface area contributed by atoms with Crippen LogP contribution in [0.2, 0.25) is 0 Å². The van der Waals surface area contributed by atoms with Crippen LogP contribution in [-0.4, -0.2) is 54.2 Å². The zero-order valence-electron chi connectivity index (χ0n) is 19.9. The van der Waals surface area contributed by atoms with E-state index in [0.717, 1.165) is 28.9 Å². The molecule has 3 aromatic rings. The third kappa shape index (κ3) is 5.50. The minimum absolute atomic E-state index is 0.0601. The predicted molar refractivity (Wildman–Crippen MR) is 132 cm³/mol. The molecular formula is C26H31N3O4S. The fourth-order valence-electron chi connectivity index (χ4n) is 4.43. The average Bonchev–Trinajstić information content (AvgIpc) is 3.32. The van der Waals surface area contributed by atoms with Crippen LogP contribution in [0.1, 0.15) is 40.5 Å². The molecule has 4 rings (SSSR count). The molecule has 1 fully saturated rings. The van der Waals surface area contributed by atoms with Gasteiger partial charge < -0.3 is 9.64 Å². The number of carbonyl (C=O) groups is 1. The van der Waals surface area contributed by atoms with Gasteiger partial charge in [0, 0.05) is 31.3 Å². The van der Waals surface area contributed by atoms with E-state index < -0.39 is 9.84 Å². The van der Waals surface area contributed by atoms with Crippen LogP contribution in [0.25, 0.3) is 0 Å². The summed E-state index contributed by atoms with van der Waals surface area (Å²) in [6.07, 6.45) is 1.31. The van der Waals surface area contributed by atoms with Crippen molar-refractivity contribution in [3.8, 4) is 5.75 Å². The third-order valence-corrected chi connectivity index (χ3v) is 8.16. The number of benzene rings is 2. The first-order valence-corrected chi connectivity index (χ1v) is 13.3. The summed E-state index contributed by atoms with van der Waals surface area (Å²) in [5.74, 6) is 0.895. The minimum atomic E-state index is -3.00. The normalized spacial score (nSPS) is 17.0. The Morgan fingerprint density at radius 2 is 1.82 bits per heavy atom. The standard InChI is InChI=1S/C26H31N3O4S/c1-19-24(20(2)29(27-19)23-13-14-34(31,32)18-23)16-28(3)26(30)17-33-25-12-8-7-11-22(25)15-21-9-5-4-6-10-21/h4-12,23H,13-18H2,1-3H3/t23-/m1/s1. The van der Waals surface area contributed by atoms with E-state index in [9.17, 15) is 13.2 Å². The van der Waals surface area contributed by atoms with Gasteiger partial charge in [-0.25, -0.2) is 8.42 Å². The zero-order valence-corrected chi connectivity index (χ0v) is 20.7. The lowest BCUT2D eigenvalue weighted by Gasteiger charge is -2.19. The summed E-state index contributed by atoms with van der Waals surface area (Å²) in [5, 5.41) is 4.60. The maximum absolute atomic E-state index is 12.9. The molecule has 1 aromatic heterocycles. The van der Waals surface area contributed by atoms with Gasteiger partial charge >= 0.3 is 0 Å². The first-order chi connectivity index (χ1) is 16.2. The van der Waals surface area contributed by atoms with Gasteiger partial charge in [0.15, 0.2) is 16.4 Å².